The third kappa shape index (κ3) is 8.85. The normalized spacial score (nSPS) is 18.6. The molecule has 208 valence electrons. The van der Waals surface area contributed by atoms with Gasteiger partial charge in [-0.1, -0.05) is 12.8 Å². The zero-order valence-corrected chi connectivity index (χ0v) is 23.0. The number of esters is 1. The van der Waals surface area contributed by atoms with Crippen LogP contribution in [0.5, 0.6) is 11.5 Å². The molecule has 37 heavy (non-hydrogen) atoms. The first-order valence-corrected chi connectivity index (χ1v) is 12.6. The third-order valence-electron chi connectivity index (χ3n) is 6.73. The van der Waals surface area contributed by atoms with Gasteiger partial charge >= 0.3 is 5.97 Å². The van der Waals surface area contributed by atoms with E-state index in [1.807, 2.05) is 34.6 Å². The topological polar surface area (TPSA) is 140 Å². The van der Waals surface area contributed by atoms with Gasteiger partial charge in [0.25, 0.3) is 5.09 Å². The highest BCUT2D eigenvalue weighted by Gasteiger charge is 2.36. The van der Waals surface area contributed by atoms with Gasteiger partial charge in [0.05, 0.1) is 6.04 Å². The van der Waals surface area contributed by atoms with Crippen LogP contribution in [0.4, 0.5) is 0 Å². The molecule has 1 aromatic carbocycles. The molecule has 2 rings (SSSR count). The molecule has 0 heterocycles. The molecular weight excluding hydrogens is 482 g/mol. The standard InChI is InChI=1S/C26H41N3O8/c1-16-12-24(17(2)18(3)25(16)36-20(5)31)35-14-21(32)13-27-26(6,7)15-28(19(4)30)22-10-8-9-11-23(22)37-29(33)34/h12,21-23,27,32H,8-11,13-15H2,1-7H3/t21?,22-,23-/m1/s1. The first-order chi connectivity index (χ1) is 17.2. The number of hydrogen-bond donors (Lipinski definition) is 2. The minimum atomic E-state index is -0.835. The lowest BCUT2D eigenvalue weighted by atomic mass is 9.90. The lowest BCUT2D eigenvalue weighted by Gasteiger charge is -2.42. The fourth-order valence-corrected chi connectivity index (χ4v) is 4.72. The van der Waals surface area contributed by atoms with Crippen LogP contribution in [0, 0.1) is 30.9 Å². The van der Waals surface area contributed by atoms with E-state index in [9.17, 15) is 24.8 Å². The number of hydrogen-bond acceptors (Lipinski definition) is 9. The van der Waals surface area contributed by atoms with Gasteiger partial charge in [-0.15, -0.1) is 10.1 Å². The number of rotatable bonds is 12. The molecule has 0 aromatic heterocycles. The van der Waals surface area contributed by atoms with Crippen molar-refractivity contribution in [3.05, 3.63) is 32.9 Å². The van der Waals surface area contributed by atoms with Crippen molar-refractivity contribution < 1.29 is 34.1 Å². The largest absolute Gasteiger partial charge is 0.491 e. The SMILES string of the molecule is CC(=O)Oc1c(C)cc(OCC(O)CNC(C)(C)CN(C(C)=O)[C@@H]2CCCC[C@H]2O[N+](=O)[O-])c(C)c1C. The summed E-state index contributed by atoms with van der Waals surface area (Å²) in [5, 5.41) is 24.0. The van der Waals surface area contributed by atoms with Crippen LogP contribution in [0.15, 0.2) is 6.07 Å². The number of β-amino-alcohol motifs (C(OH)–C–C–N with tert-alkyl or cyclic N) is 1. The summed E-state index contributed by atoms with van der Waals surface area (Å²) in [5.74, 6) is 0.540. The Bertz CT molecular complexity index is 981. The minimum absolute atomic E-state index is 0.0352. The maximum Gasteiger partial charge on any atom is 0.308 e. The summed E-state index contributed by atoms with van der Waals surface area (Å²) < 4.78 is 11.2. The van der Waals surface area contributed by atoms with Crippen molar-refractivity contribution in [2.75, 3.05) is 19.7 Å². The second-order valence-electron chi connectivity index (χ2n) is 10.5. The highest BCUT2D eigenvalue weighted by molar-refractivity contribution is 5.74. The van der Waals surface area contributed by atoms with Gasteiger partial charge in [-0.05, 0) is 70.2 Å². The van der Waals surface area contributed by atoms with E-state index in [1.54, 1.807) is 11.0 Å². The summed E-state index contributed by atoms with van der Waals surface area (Å²) in [4.78, 5) is 41.4. The van der Waals surface area contributed by atoms with Crippen molar-refractivity contribution in [3.8, 4) is 11.5 Å². The fourth-order valence-electron chi connectivity index (χ4n) is 4.72. The number of carbonyl (C=O) groups is 2. The van der Waals surface area contributed by atoms with Crippen LogP contribution >= 0.6 is 0 Å². The van der Waals surface area contributed by atoms with E-state index in [1.165, 1.54) is 13.8 Å². The first kappa shape index (κ1) is 30.3. The molecule has 0 radical (unpaired) electrons. The van der Waals surface area contributed by atoms with Crippen LogP contribution in [0.25, 0.3) is 0 Å². The smallest absolute Gasteiger partial charge is 0.308 e. The van der Waals surface area contributed by atoms with E-state index in [0.29, 0.717) is 30.9 Å². The Morgan fingerprint density at radius 2 is 1.86 bits per heavy atom. The first-order valence-electron chi connectivity index (χ1n) is 12.6. The Balaban J connectivity index is 1.98. The van der Waals surface area contributed by atoms with Crippen molar-refractivity contribution in [2.45, 2.75) is 97.9 Å². The maximum atomic E-state index is 12.5. The lowest BCUT2D eigenvalue weighted by Crippen LogP contribution is -2.58. The molecule has 1 aliphatic rings. The van der Waals surface area contributed by atoms with Gasteiger partial charge in [0, 0.05) is 32.5 Å². The van der Waals surface area contributed by atoms with Crippen LogP contribution in [-0.4, -0.2) is 70.5 Å². The summed E-state index contributed by atoms with van der Waals surface area (Å²) in [6, 6.07) is 1.40. The number of ether oxygens (including phenoxy) is 2. The molecule has 11 nitrogen and oxygen atoms in total. The predicted molar refractivity (Wildman–Crippen MR) is 137 cm³/mol. The van der Waals surface area contributed by atoms with Gasteiger partial charge in [0.2, 0.25) is 5.91 Å². The zero-order valence-electron chi connectivity index (χ0n) is 23.0. The number of aliphatic hydroxyl groups is 1. The number of aliphatic hydroxyl groups excluding tert-OH is 1. The Hall–Kier alpha value is -2.92. The van der Waals surface area contributed by atoms with E-state index >= 15 is 0 Å². The molecule has 3 atom stereocenters. The fraction of sp³-hybridized carbons (Fsp3) is 0.692. The molecule has 0 spiro atoms. The van der Waals surface area contributed by atoms with Crippen molar-refractivity contribution in [1.29, 1.82) is 0 Å². The van der Waals surface area contributed by atoms with Crippen molar-refractivity contribution in [2.24, 2.45) is 0 Å². The molecule has 0 aliphatic heterocycles. The van der Waals surface area contributed by atoms with Crippen LogP contribution in [-0.2, 0) is 14.4 Å². The van der Waals surface area contributed by atoms with E-state index in [-0.39, 0.29) is 25.1 Å². The van der Waals surface area contributed by atoms with Crippen LogP contribution in [0.3, 0.4) is 0 Å². The molecule has 1 unspecified atom stereocenters. The number of nitrogens with zero attached hydrogens (tertiary/aromatic N) is 2. The summed E-state index contributed by atoms with van der Waals surface area (Å²) in [7, 11) is 0. The number of benzene rings is 1. The molecular formula is C26H41N3O8. The van der Waals surface area contributed by atoms with Gasteiger partial charge in [-0.3, -0.25) is 9.59 Å². The van der Waals surface area contributed by atoms with Gasteiger partial charge in [-0.2, -0.15) is 0 Å². The Labute approximate surface area is 218 Å². The number of carbonyl (C=O) groups excluding carboxylic acids is 2. The van der Waals surface area contributed by atoms with Gasteiger partial charge < -0.3 is 29.6 Å². The second-order valence-corrected chi connectivity index (χ2v) is 10.5. The minimum Gasteiger partial charge on any atom is -0.491 e. The summed E-state index contributed by atoms with van der Waals surface area (Å²) in [6.45, 7) is 12.7. The molecule has 1 aliphatic carbocycles. The van der Waals surface area contributed by atoms with E-state index < -0.39 is 28.8 Å². The Morgan fingerprint density at radius 3 is 2.46 bits per heavy atom. The second kappa shape index (κ2) is 13.0. The molecule has 2 N–H and O–H groups in total. The van der Waals surface area contributed by atoms with Crippen LogP contribution in [0.1, 0.15) is 70.1 Å². The lowest BCUT2D eigenvalue weighted by molar-refractivity contribution is -0.770. The van der Waals surface area contributed by atoms with Crippen molar-refractivity contribution in [3.63, 3.8) is 0 Å². The molecule has 1 fully saturated rings. The van der Waals surface area contributed by atoms with Gasteiger partial charge in [0.1, 0.15) is 30.3 Å². The summed E-state index contributed by atoms with van der Waals surface area (Å²) >= 11 is 0. The molecule has 1 amide bonds. The predicted octanol–water partition coefficient (Wildman–Crippen LogP) is 3.01. The number of nitrogens with one attached hydrogen (secondary N) is 1. The number of aryl methyl sites for hydroxylation is 1. The average molecular weight is 524 g/mol. The monoisotopic (exact) mass is 523 g/mol. The average Bonchev–Trinajstić information content (AvgIpc) is 2.80. The highest BCUT2D eigenvalue weighted by Crippen LogP contribution is 2.33. The molecule has 11 heteroatoms. The van der Waals surface area contributed by atoms with Crippen molar-refractivity contribution >= 4 is 11.9 Å². The quantitative estimate of drug-likeness (QED) is 0.183. The number of amides is 1. The summed E-state index contributed by atoms with van der Waals surface area (Å²) in [5.41, 5.74) is 1.79. The zero-order chi connectivity index (χ0) is 27.9. The molecule has 0 bridgehead atoms. The Kier molecular flexibility index (Phi) is 10.7. The Morgan fingerprint density at radius 1 is 1.22 bits per heavy atom. The van der Waals surface area contributed by atoms with Crippen LogP contribution in [0.2, 0.25) is 0 Å². The molecule has 1 aromatic rings. The van der Waals surface area contributed by atoms with Gasteiger partial charge in [0.15, 0.2) is 0 Å². The highest BCUT2D eigenvalue weighted by atomic mass is 17.0. The summed E-state index contributed by atoms with van der Waals surface area (Å²) in [6.07, 6.45) is 1.37. The molecule has 1 saturated carbocycles. The van der Waals surface area contributed by atoms with Crippen LogP contribution < -0.4 is 14.8 Å². The van der Waals surface area contributed by atoms with E-state index in [2.05, 4.69) is 5.32 Å². The third-order valence-corrected chi connectivity index (χ3v) is 6.73. The molecule has 0 saturated heterocycles. The van der Waals surface area contributed by atoms with Gasteiger partial charge in [-0.25, -0.2) is 0 Å². The maximum absolute atomic E-state index is 12.5. The van der Waals surface area contributed by atoms with E-state index in [0.717, 1.165) is 29.5 Å². The van der Waals surface area contributed by atoms with E-state index in [4.69, 9.17) is 14.3 Å². The van der Waals surface area contributed by atoms with Crippen molar-refractivity contribution in [1.82, 2.24) is 10.2 Å².